The number of methoxy groups -OCH3 is 2. The van der Waals surface area contributed by atoms with Crippen LogP contribution < -0.4 is 15.0 Å². The van der Waals surface area contributed by atoms with Gasteiger partial charge in [0.1, 0.15) is 6.61 Å². The van der Waals surface area contributed by atoms with E-state index in [2.05, 4.69) is 4.98 Å². The number of fused-ring (bicyclic) bond motifs is 1. The fourth-order valence-electron chi connectivity index (χ4n) is 4.47. The van der Waals surface area contributed by atoms with Crippen molar-refractivity contribution in [2.24, 2.45) is 0 Å². The minimum absolute atomic E-state index is 0.0117. The smallest absolute Gasteiger partial charge is 0.261 e. The Morgan fingerprint density at radius 3 is 2.50 bits per heavy atom. The highest BCUT2D eigenvalue weighted by Gasteiger charge is 2.28. The van der Waals surface area contributed by atoms with Gasteiger partial charge in [0.15, 0.2) is 11.5 Å². The maximum atomic E-state index is 13.2. The molecule has 0 saturated heterocycles. The summed E-state index contributed by atoms with van der Waals surface area (Å²) in [4.78, 5) is 31.6. The number of amides is 1. The summed E-state index contributed by atoms with van der Waals surface area (Å²) in [7, 11) is 4.93. The number of ether oxygens (including phenoxy) is 3. The lowest BCUT2D eigenvalue weighted by molar-refractivity contribution is -0.136. The van der Waals surface area contributed by atoms with Crippen molar-refractivity contribution >= 4 is 16.8 Å². The van der Waals surface area contributed by atoms with Gasteiger partial charge in [-0.05, 0) is 37.3 Å². The van der Waals surface area contributed by atoms with Crippen molar-refractivity contribution in [1.82, 2.24) is 14.5 Å². The van der Waals surface area contributed by atoms with Gasteiger partial charge >= 0.3 is 0 Å². The molecule has 0 radical (unpaired) electrons. The molecule has 4 rings (SSSR count). The van der Waals surface area contributed by atoms with Gasteiger partial charge in [0.25, 0.3) is 5.56 Å². The summed E-state index contributed by atoms with van der Waals surface area (Å²) in [5, 5.41) is 0.493. The molecule has 0 atom stereocenters. The topological polar surface area (TPSA) is 82.9 Å². The third-order valence-corrected chi connectivity index (χ3v) is 6.45. The Morgan fingerprint density at radius 1 is 1.09 bits per heavy atom. The molecular formula is C26H31N3O5. The van der Waals surface area contributed by atoms with Crippen molar-refractivity contribution < 1.29 is 19.0 Å². The summed E-state index contributed by atoms with van der Waals surface area (Å²) in [6.45, 7) is 0.543. The Morgan fingerprint density at radius 2 is 1.82 bits per heavy atom. The van der Waals surface area contributed by atoms with Gasteiger partial charge in [-0.2, -0.15) is 0 Å². The van der Waals surface area contributed by atoms with E-state index in [1.54, 1.807) is 35.0 Å². The third kappa shape index (κ3) is 5.22. The van der Waals surface area contributed by atoms with E-state index in [0.717, 1.165) is 31.2 Å². The molecule has 8 heteroatoms. The maximum Gasteiger partial charge on any atom is 0.261 e. The lowest BCUT2D eigenvalue weighted by atomic mass is 9.92. The first-order valence-electron chi connectivity index (χ1n) is 11.5. The molecule has 2 aromatic carbocycles. The van der Waals surface area contributed by atoms with Crippen LogP contribution in [-0.4, -0.2) is 60.4 Å². The highest BCUT2D eigenvalue weighted by atomic mass is 16.5. The number of carbonyl (C=O) groups excluding carboxylic acids is 1. The van der Waals surface area contributed by atoms with Crippen LogP contribution in [0.25, 0.3) is 10.9 Å². The molecule has 1 fully saturated rings. The van der Waals surface area contributed by atoms with Crippen LogP contribution in [0, 0.1) is 0 Å². The van der Waals surface area contributed by atoms with E-state index in [9.17, 15) is 9.59 Å². The van der Waals surface area contributed by atoms with Crippen molar-refractivity contribution in [3.63, 3.8) is 0 Å². The van der Waals surface area contributed by atoms with Gasteiger partial charge in [0.2, 0.25) is 5.91 Å². The van der Waals surface area contributed by atoms with E-state index >= 15 is 0 Å². The fraction of sp³-hybridized carbons (Fsp3) is 0.423. The van der Waals surface area contributed by atoms with Crippen LogP contribution in [0.2, 0.25) is 0 Å². The number of benzene rings is 2. The molecule has 1 aromatic heterocycles. The summed E-state index contributed by atoms with van der Waals surface area (Å²) in [6, 6.07) is 13.5. The number of hydrogen-bond donors (Lipinski definition) is 0. The molecule has 8 nitrogen and oxygen atoms in total. The van der Waals surface area contributed by atoms with Crippen LogP contribution in [0.15, 0.2) is 53.6 Å². The second-order valence-electron chi connectivity index (χ2n) is 8.67. The molecule has 34 heavy (non-hydrogen) atoms. The minimum atomic E-state index is -0.122. The van der Waals surface area contributed by atoms with Crippen LogP contribution in [0.4, 0.5) is 0 Å². The molecule has 0 aliphatic heterocycles. The zero-order chi connectivity index (χ0) is 24.1. The molecule has 0 spiro atoms. The van der Waals surface area contributed by atoms with E-state index < -0.39 is 0 Å². The Bertz CT molecular complexity index is 1190. The van der Waals surface area contributed by atoms with Gasteiger partial charge in [-0.15, -0.1) is 0 Å². The summed E-state index contributed by atoms with van der Waals surface area (Å²) in [6.07, 6.45) is 4.86. The average Bonchev–Trinajstić information content (AvgIpc) is 2.86. The number of carbonyl (C=O) groups is 1. The highest BCUT2D eigenvalue weighted by molar-refractivity contribution is 5.81. The standard InChI is InChI=1S/C26H31N3O5/c1-28(25(30)16-32-2)19-9-11-20(12-10-19)34-24-13-21-22(14-23(24)33-3)27-17-29(26(21)31)15-18-7-5-4-6-8-18/h4-8,13-14,17,19-20H,9-12,15-16H2,1-3H3. The fourth-order valence-corrected chi connectivity index (χ4v) is 4.47. The first kappa shape index (κ1) is 23.8. The van der Waals surface area contributed by atoms with Crippen molar-refractivity contribution in [1.29, 1.82) is 0 Å². The largest absolute Gasteiger partial charge is 0.493 e. The van der Waals surface area contributed by atoms with Gasteiger partial charge in [-0.3, -0.25) is 14.2 Å². The van der Waals surface area contributed by atoms with Crippen LogP contribution in [0.3, 0.4) is 0 Å². The van der Waals surface area contributed by atoms with Gasteiger partial charge < -0.3 is 19.1 Å². The Labute approximate surface area is 199 Å². The second-order valence-corrected chi connectivity index (χ2v) is 8.67. The molecule has 1 heterocycles. The van der Waals surface area contributed by atoms with Crippen LogP contribution in [-0.2, 0) is 16.1 Å². The van der Waals surface area contributed by atoms with Gasteiger partial charge in [0, 0.05) is 26.3 Å². The molecule has 0 N–H and O–H groups in total. The molecule has 1 amide bonds. The second kappa shape index (κ2) is 10.7. The number of nitrogens with zero attached hydrogens (tertiary/aromatic N) is 3. The zero-order valence-electron chi connectivity index (χ0n) is 19.9. The number of aromatic nitrogens is 2. The molecule has 1 aliphatic carbocycles. The summed E-state index contributed by atoms with van der Waals surface area (Å²) in [5.74, 6) is 1.08. The van der Waals surface area contributed by atoms with Gasteiger partial charge in [-0.25, -0.2) is 4.98 Å². The SMILES string of the molecule is COCC(=O)N(C)C1CCC(Oc2cc3c(=O)n(Cc4ccccc4)cnc3cc2OC)CC1. The number of hydrogen-bond acceptors (Lipinski definition) is 6. The maximum absolute atomic E-state index is 13.2. The molecule has 1 aliphatic rings. The Balaban J connectivity index is 1.51. The average molecular weight is 466 g/mol. The number of likely N-dealkylation sites (N-methyl/N-ethyl adjacent to an activating group) is 1. The summed E-state index contributed by atoms with van der Waals surface area (Å²) < 4.78 is 18.4. The molecule has 0 unspecified atom stereocenters. The molecular weight excluding hydrogens is 434 g/mol. The lowest BCUT2D eigenvalue weighted by Crippen LogP contribution is -2.42. The van der Waals surface area contributed by atoms with Gasteiger partial charge in [-0.1, -0.05) is 30.3 Å². The van der Waals surface area contributed by atoms with Crippen molar-refractivity contribution in [3.8, 4) is 11.5 Å². The van der Waals surface area contributed by atoms with E-state index in [1.807, 2.05) is 37.4 Å². The predicted octanol–water partition coefficient (Wildman–Crippen LogP) is 3.25. The van der Waals surface area contributed by atoms with Crippen LogP contribution in [0.1, 0.15) is 31.2 Å². The lowest BCUT2D eigenvalue weighted by Gasteiger charge is -2.34. The summed E-state index contributed by atoms with van der Waals surface area (Å²) in [5.41, 5.74) is 1.48. The van der Waals surface area contributed by atoms with Gasteiger partial charge in [0.05, 0.1) is 37.0 Å². The Hall–Kier alpha value is -3.39. The molecule has 180 valence electrons. The molecule has 0 bridgehead atoms. The summed E-state index contributed by atoms with van der Waals surface area (Å²) >= 11 is 0. The zero-order valence-corrected chi connectivity index (χ0v) is 19.9. The van der Waals surface area contributed by atoms with E-state index in [-0.39, 0.29) is 30.2 Å². The number of rotatable bonds is 8. The predicted molar refractivity (Wildman–Crippen MR) is 129 cm³/mol. The molecule has 1 saturated carbocycles. The first-order valence-corrected chi connectivity index (χ1v) is 11.5. The monoisotopic (exact) mass is 465 g/mol. The molecule has 3 aromatic rings. The quantitative estimate of drug-likeness (QED) is 0.508. The van der Waals surface area contributed by atoms with Crippen molar-refractivity contribution in [3.05, 3.63) is 64.7 Å². The first-order chi connectivity index (χ1) is 16.5. The van der Waals surface area contributed by atoms with E-state index in [1.165, 1.54) is 7.11 Å². The van der Waals surface area contributed by atoms with Crippen molar-refractivity contribution in [2.45, 2.75) is 44.4 Å². The third-order valence-electron chi connectivity index (χ3n) is 6.45. The van der Waals surface area contributed by atoms with E-state index in [4.69, 9.17) is 14.2 Å². The minimum Gasteiger partial charge on any atom is -0.493 e. The Kier molecular flexibility index (Phi) is 7.47. The van der Waals surface area contributed by atoms with Crippen LogP contribution >= 0.6 is 0 Å². The normalized spacial score (nSPS) is 18.0. The van der Waals surface area contributed by atoms with E-state index in [0.29, 0.717) is 28.9 Å². The van der Waals surface area contributed by atoms with Crippen LogP contribution in [0.5, 0.6) is 11.5 Å². The highest BCUT2D eigenvalue weighted by Crippen LogP contribution is 2.34. The van der Waals surface area contributed by atoms with Crippen molar-refractivity contribution in [2.75, 3.05) is 27.9 Å².